The van der Waals surface area contributed by atoms with E-state index in [0.717, 1.165) is 0 Å². The molecule has 6 heteroatoms. The largest absolute Gasteiger partial charge is 0.340 e. The Kier molecular flexibility index (Phi) is 2.08. The molecule has 0 amide bonds. The normalized spacial score (nSPS) is 47.5. The zero-order valence-corrected chi connectivity index (χ0v) is 7.77. The molecule has 1 aliphatic carbocycles. The third kappa shape index (κ3) is 0.916. The van der Waals surface area contributed by atoms with Crippen molar-refractivity contribution in [2.75, 3.05) is 6.61 Å². The third-order valence-corrected chi connectivity index (χ3v) is 3.21. The van der Waals surface area contributed by atoms with Crippen LogP contribution in [0.2, 0.25) is 0 Å². The second kappa shape index (κ2) is 2.34. The maximum Gasteiger partial charge on any atom is 0.299 e. The van der Waals surface area contributed by atoms with Crippen LogP contribution in [0.15, 0.2) is 0 Å². The van der Waals surface area contributed by atoms with Crippen molar-refractivity contribution in [1.82, 2.24) is 0 Å². The van der Waals surface area contributed by atoms with Crippen LogP contribution >= 0.6 is 34.8 Å². The van der Waals surface area contributed by atoms with Gasteiger partial charge in [-0.05, 0) is 6.92 Å². The van der Waals surface area contributed by atoms with Gasteiger partial charge in [0.25, 0.3) is 11.0 Å². The molecule has 1 fully saturated rings. The van der Waals surface area contributed by atoms with Crippen LogP contribution in [0.4, 0.5) is 8.78 Å². The van der Waals surface area contributed by atoms with Crippen molar-refractivity contribution in [2.45, 2.75) is 22.2 Å². The molecule has 0 aromatic rings. The van der Waals surface area contributed by atoms with E-state index < -0.39 is 15.3 Å². The number of alkyl halides is 5. The molecule has 0 bridgehead atoms. The Bertz CT molecular complexity index is 169. The highest BCUT2D eigenvalue weighted by Gasteiger charge is 2.94. The maximum atomic E-state index is 13.1. The molecular formula is C5H5Cl3F2O. The average molecular weight is 225 g/mol. The van der Waals surface area contributed by atoms with E-state index in [9.17, 15) is 8.78 Å². The van der Waals surface area contributed by atoms with Gasteiger partial charge in [-0.15, -0.1) is 0 Å². The van der Waals surface area contributed by atoms with E-state index in [1.165, 1.54) is 6.92 Å². The minimum absolute atomic E-state index is 0.0456. The second-order valence-electron chi connectivity index (χ2n) is 2.18. The molecule has 1 rings (SSSR count). The highest BCUT2D eigenvalue weighted by atomic mass is 35.5. The van der Waals surface area contributed by atoms with E-state index in [1.54, 1.807) is 0 Å². The lowest BCUT2D eigenvalue weighted by molar-refractivity contribution is -0.0818. The van der Waals surface area contributed by atoms with Gasteiger partial charge in [-0.3, -0.25) is 0 Å². The van der Waals surface area contributed by atoms with E-state index in [1.807, 2.05) is 0 Å². The molecule has 0 saturated heterocycles. The van der Waals surface area contributed by atoms with E-state index >= 15 is 0 Å². The molecule has 66 valence electrons. The lowest BCUT2D eigenvalue weighted by Crippen LogP contribution is -2.17. The van der Waals surface area contributed by atoms with E-state index in [4.69, 9.17) is 34.8 Å². The fourth-order valence-corrected chi connectivity index (χ4v) is 1.63. The van der Waals surface area contributed by atoms with Crippen LogP contribution in [0.5, 0.6) is 0 Å². The summed E-state index contributed by atoms with van der Waals surface area (Å²) in [4.78, 5) is 0. The average Bonchev–Trinajstić information content (AvgIpc) is 2.12. The molecular weight excluding hydrogens is 220 g/mol. The molecule has 0 radical (unpaired) electrons. The Hall–Kier alpha value is 0.690. The van der Waals surface area contributed by atoms with Crippen LogP contribution in [-0.4, -0.2) is 21.9 Å². The molecule has 0 N–H and O–H groups in total. The summed E-state index contributed by atoms with van der Waals surface area (Å²) in [7, 11) is 0. The number of hydrogen-bond acceptors (Lipinski definition) is 1. The lowest BCUT2D eigenvalue weighted by Gasteiger charge is -2.05. The van der Waals surface area contributed by atoms with Crippen LogP contribution in [-0.2, 0) is 4.74 Å². The van der Waals surface area contributed by atoms with E-state index in [2.05, 4.69) is 4.74 Å². The second-order valence-corrected chi connectivity index (χ2v) is 4.03. The minimum atomic E-state index is -2.83. The zero-order valence-electron chi connectivity index (χ0n) is 5.51. The Balaban J connectivity index is 2.78. The van der Waals surface area contributed by atoms with Crippen molar-refractivity contribution in [3.63, 3.8) is 0 Å². The van der Waals surface area contributed by atoms with Gasteiger partial charge in [0.2, 0.25) is 4.33 Å². The van der Waals surface area contributed by atoms with Gasteiger partial charge >= 0.3 is 0 Å². The van der Waals surface area contributed by atoms with Crippen LogP contribution in [0, 0.1) is 0 Å². The topological polar surface area (TPSA) is 9.23 Å². The van der Waals surface area contributed by atoms with Crippen LogP contribution in [0.25, 0.3) is 0 Å². The Morgan fingerprint density at radius 3 is 1.73 bits per heavy atom. The van der Waals surface area contributed by atoms with Crippen LogP contribution in [0.1, 0.15) is 6.92 Å². The molecule has 0 heterocycles. The predicted octanol–water partition coefficient (Wildman–Crippen LogP) is 2.78. The Labute approximate surface area is 77.5 Å². The molecule has 11 heavy (non-hydrogen) atoms. The zero-order chi connectivity index (χ0) is 8.91. The van der Waals surface area contributed by atoms with Gasteiger partial charge in [-0.2, -0.15) is 0 Å². The first-order valence-electron chi connectivity index (χ1n) is 2.89. The van der Waals surface area contributed by atoms with Crippen molar-refractivity contribution in [1.29, 1.82) is 0 Å². The van der Waals surface area contributed by atoms with Gasteiger partial charge in [0.1, 0.15) is 0 Å². The van der Waals surface area contributed by atoms with E-state index in [0.29, 0.717) is 0 Å². The van der Waals surface area contributed by atoms with Crippen molar-refractivity contribution in [3.8, 4) is 0 Å². The summed E-state index contributed by atoms with van der Waals surface area (Å²) in [5, 5.41) is -2.83. The minimum Gasteiger partial charge on any atom is -0.340 e. The Morgan fingerprint density at radius 1 is 1.27 bits per heavy atom. The van der Waals surface area contributed by atoms with Gasteiger partial charge in [0, 0.05) is 6.61 Å². The summed E-state index contributed by atoms with van der Waals surface area (Å²) in [5.74, 6) is -2.78. The highest BCUT2D eigenvalue weighted by Crippen LogP contribution is 2.72. The number of ether oxygens (including phenoxy) is 1. The monoisotopic (exact) mass is 224 g/mol. The van der Waals surface area contributed by atoms with Gasteiger partial charge in [0.15, 0.2) is 0 Å². The first kappa shape index (κ1) is 9.78. The molecule has 0 aromatic heterocycles. The van der Waals surface area contributed by atoms with Crippen molar-refractivity contribution in [3.05, 3.63) is 0 Å². The van der Waals surface area contributed by atoms with Crippen molar-refractivity contribution >= 4 is 34.8 Å². The molecule has 0 spiro atoms. The quantitative estimate of drug-likeness (QED) is 0.657. The van der Waals surface area contributed by atoms with Gasteiger partial charge in [-0.1, -0.05) is 34.8 Å². The van der Waals surface area contributed by atoms with Crippen molar-refractivity contribution < 1.29 is 13.5 Å². The predicted molar refractivity (Wildman–Crippen MR) is 39.6 cm³/mol. The van der Waals surface area contributed by atoms with Gasteiger partial charge in [0.05, 0.1) is 0 Å². The fraction of sp³-hybridized carbons (Fsp3) is 1.00. The molecule has 1 saturated carbocycles. The maximum absolute atomic E-state index is 13.1. The summed E-state index contributed by atoms with van der Waals surface area (Å²) in [6, 6.07) is 0. The van der Waals surface area contributed by atoms with Crippen molar-refractivity contribution in [2.24, 2.45) is 0 Å². The molecule has 0 aromatic carbocycles. The molecule has 1 aliphatic rings. The number of halogens is 5. The molecule has 1 nitrogen and oxygen atoms in total. The number of rotatable bonds is 2. The van der Waals surface area contributed by atoms with Crippen LogP contribution < -0.4 is 0 Å². The summed E-state index contributed by atoms with van der Waals surface area (Å²) in [5.41, 5.74) is 0. The summed E-state index contributed by atoms with van der Waals surface area (Å²) >= 11 is 15.3. The summed E-state index contributed by atoms with van der Waals surface area (Å²) in [6.07, 6.45) is 0. The fourth-order valence-electron chi connectivity index (χ4n) is 0.744. The smallest absolute Gasteiger partial charge is 0.299 e. The van der Waals surface area contributed by atoms with Gasteiger partial charge in [-0.25, -0.2) is 8.78 Å². The van der Waals surface area contributed by atoms with Crippen LogP contribution in [0.3, 0.4) is 0 Å². The summed E-state index contributed by atoms with van der Waals surface area (Å²) in [6.45, 7) is 1.44. The SMILES string of the molecule is CCOC1(F)C(F)(Cl)C1(Cl)Cl. The van der Waals surface area contributed by atoms with Gasteiger partial charge < -0.3 is 4.74 Å². The highest BCUT2D eigenvalue weighted by molar-refractivity contribution is 6.59. The first-order valence-corrected chi connectivity index (χ1v) is 4.03. The lowest BCUT2D eigenvalue weighted by atomic mass is 10.7. The number of hydrogen-bond donors (Lipinski definition) is 0. The Morgan fingerprint density at radius 2 is 1.64 bits per heavy atom. The molecule has 2 unspecified atom stereocenters. The molecule has 2 atom stereocenters. The van der Waals surface area contributed by atoms with E-state index in [-0.39, 0.29) is 6.61 Å². The summed E-state index contributed by atoms with van der Waals surface area (Å²) < 4.78 is 27.9. The first-order chi connectivity index (χ1) is 4.81. The standard InChI is InChI=1S/C5H5Cl3F2O/c1-2-11-5(10)3(6,7)4(5,8)9/h2H2,1H3. The third-order valence-electron chi connectivity index (χ3n) is 1.48. The molecule has 0 aliphatic heterocycles.